The van der Waals surface area contributed by atoms with E-state index in [1.807, 2.05) is 4.90 Å². The maximum absolute atomic E-state index is 13.0. The van der Waals surface area contributed by atoms with Gasteiger partial charge in [0.15, 0.2) is 5.82 Å². The lowest BCUT2D eigenvalue weighted by atomic mass is 10.0. The molecule has 7 nitrogen and oxygen atoms in total. The fourth-order valence-electron chi connectivity index (χ4n) is 6.06. The van der Waals surface area contributed by atoms with Gasteiger partial charge in [0, 0.05) is 58.2 Å². The Balaban J connectivity index is 1.16. The molecule has 0 spiro atoms. The van der Waals surface area contributed by atoms with Gasteiger partial charge in [-0.05, 0) is 43.4 Å². The molecular formula is C21H29N5O2. The summed E-state index contributed by atoms with van der Waals surface area (Å²) in [6.07, 6.45) is 3.25. The van der Waals surface area contributed by atoms with Crippen LogP contribution in [0, 0.1) is 23.7 Å². The zero-order valence-corrected chi connectivity index (χ0v) is 16.6. The maximum atomic E-state index is 13.0. The molecule has 6 rings (SSSR count). The molecule has 7 heteroatoms. The molecule has 3 unspecified atom stereocenters. The number of ether oxygens (including phenoxy) is 1. The van der Waals surface area contributed by atoms with E-state index in [1.54, 1.807) is 0 Å². The van der Waals surface area contributed by atoms with Gasteiger partial charge in [0.2, 0.25) is 5.91 Å². The summed E-state index contributed by atoms with van der Waals surface area (Å²) in [5.41, 5.74) is 2.25. The highest BCUT2D eigenvalue weighted by molar-refractivity contribution is 5.83. The van der Waals surface area contributed by atoms with Crippen LogP contribution in [0.3, 0.4) is 0 Å². The standard InChI is InChI=1S/C21H29N5O2/c1-24-8-14-11-26(12-15(14)9-24)18-7-13-10-25(5-4-17(13)22-23-18)21(27)19-16-3-2-6-28-20(16)19/h7,14-16,19-20H,2-6,8-12H2,1H3/t14-,15+,16?,19?,20?. The molecule has 0 aromatic carbocycles. The molecule has 1 amide bonds. The molecule has 1 aromatic heterocycles. The van der Waals surface area contributed by atoms with Gasteiger partial charge in [-0.25, -0.2) is 0 Å². The van der Waals surface area contributed by atoms with Gasteiger partial charge in [-0.3, -0.25) is 4.79 Å². The molecule has 1 aliphatic carbocycles. The van der Waals surface area contributed by atoms with Crippen LogP contribution < -0.4 is 4.90 Å². The average Bonchev–Trinajstić information content (AvgIpc) is 3.15. The number of amides is 1. The van der Waals surface area contributed by atoms with Crippen molar-refractivity contribution in [2.24, 2.45) is 23.7 Å². The van der Waals surface area contributed by atoms with Gasteiger partial charge in [-0.15, -0.1) is 5.10 Å². The van der Waals surface area contributed by atoms with E-state index in [1.165, 1.54) is 18.7 Å². The van der Waals surface area contributed by atoms with Crippen LogP contribution in [-0.4, -0.2) is 78.4 Å². The Labute approximate surface area is 166 Å². The van der Waals surface area contributed by atoms with Gasteiger partial charge in [0.05, 0.1) is 17.7 Å². The summed E-state index contributed by atoms with van der Waals surface area (Å²) in [5.74, 6) is 3.36. The van der Waals surface area contributed by atoms with Crippen LogP contribution in [0.15, 0.2) is 6.07 Å². The monoisotopic (exact) mass is 383 g/mol. The van der Waals surface area contributed by atoms with Crippen LogP contribution >= 0.6 is 0 Å². The summed E-state index contributed by atoms with van der Waals surface area (Å²) < 4.78 is 5.80. The predicted molar refractivity (Wildman–Crippen MR) is 104 cm³/mol. The first-order chi connectivity index (χ1) is 13.7. The van der Waals surface area contributed by atoms with E-state index in [4.69, 9.17) is 4.74 Å². The van der Waals surface area contributed by atoms with Crippen molar-refractivity contribution in [2.75, 3.05) is 51.3 Å². The third kappa shape index (κ3) is 2.74. The van der Waals surface area contributed by atoms with Gasteiger partial charge in [-0.2, -0.15) is 5.10 Å². The third-order valence-corrected chi connectivity index (χ3v) is 7.60. The molecule has 4 aliphatic heterocycles. The number of hydrogen-bond acceptors (Lipinski definition) is 6. The second-order valence-electron chi connectivity index (χ2n) is 9.50. The molecule has 5 aliphatic rings. The van der Waals surface area contributed by atoms with Crippen molar-refractivity contribution in [1.82, 2.24) is 20.0 Å². The van der Waals surface area contributed by atoms with Crippen molar-refractivity contribution in [3.63, 3.8) is 0 Å². The molecule has 0 radical (unpaired) electrons. The number of carbonyl (C=O) groups is 1. The van der Waals surface area contributed by atoms with E-state index in [0.29, 0.717) is 18.4 Å². The zero-order chi connectivity index (χ0) is 18.8. The highest BCUT2D eigenvalue weighted by atomic mass is 16.5. The minimum Gasteiger partial charge on any atom is -0.377 e. The second-order valence-corrected chi connectivity index (χ2v) is 9.50. The van der Waals surface area contributed by atoms with Crippen LogP contribution in [-0.2, 0) is 22.5 Å². The molecule has 1 saturated carbocycles. The van der Waals surface area contributed by atoms with Gasteiger partial charge >= 0.3 is 0 Å². The largest absolute Gasteiger partial charge is 0.377 e. The van der Waals surface area contributed by atoms with Gasteiger partial charge in [-0.1, -0.05) is 0 Å². The lowest BCUT2D eigenvalue weighted by molar-refractivity contribution is -0.134. The van der Waals surface area contributed by atoms with Crippen LogP contribution in [0.5, 0.6) is 0 Å². The Morgan fingerprint density at radius 1 is 1.18 bits per heavy atom. The number of likely N-dealkylation sites (tertiary alicyclic amines) is 1. The number of rotatable bonds is 2. The van der Waals surface area contributed by atoms with Crippen LogP contribution in [0.1, 0.15) is 24.1 Å². The van der Waals surface area contributed by atoms with Crippen molar-refractivity contribution in [3.8, 4) is 0 Å². The van der Waals surface area contributed by atoms with Crippen molar-refractivity contribution in [3.05, 3.63) is 17.3 Å². The van der Waals surface area contributed by atoms with Crippen LogP contribution in [0.2, 0.25) is 0 Å². The first-order valence-corrected chi connectivity index (χ1v) is 10.9. The van der Waals surface area contributed by atoms with E-state index in [0.717, 1.165) is 68.9 Å². The number of carbonyl (C=O) groups excluding carboxylic acids is 1. The summed E-state index contributed by atoms with van der Waals surface area (Å²) in [4.78, 5) is 19.9. The number of hydrogen-bond donors (Lipinski definition) is 0. The third-order valence-electron chi connectivity index (χ3n) is 7.60. The quantitative estimate of drug-likeness (QED) is 0.752. The van der Waals surface area contributed by atoms with E-state index in [-0.39, 0.29) is 12.0 Å². The first-order valence-electron chi connectivity index (χ1n) is 10.9. The predicted octanol–water partition coefficient (Wildman–Crippen LogP) is 0.784. The van der Waals surface area contributed by atoms with E-state index in [2.05, 4.69) is 33.1 Å². The van der Waals surface area contributed by atoms with Crippen molar-refractivity contribution < 1.29 is 9.53 Å². The Morgan fingerprint density at radius 2 is 2.00 bits per heavy atom. The van der Waals surface area contributed by atoms with Gasteiger partial charge < -0.3 is 19.4 Å². The molecular weight excluding hydrogens is 354 g/mol. The Hall–Kier alpha value is -1.73. The Kier molecular flexibility index (Phi) is 3.91. The Bertz CT molecular complexity index is 775. The highest BCUT2D eigenvalue weighted by Crippen LogP contribution is 2.49. The first kappa shape index (κ1) is 17.2. The molecule has 4 fully saturated rings. The maximum Gasteiger partial charge on any atom is 0.229 e. The van der Waals surface area contributed by atoms with E-state index in [9.17, 15) is 4.79 Å². The summed E-state index contributed by atoms with van der Waals surface area (Å²) in [5, 5.41) is 9.07. The fraction of sp³-hybridized carbons (Fsp3) is 0.762. The molecule has 0 N–H and O–H groups in total. The topological polar surface area (TPSA) is 61.8 Å². The summed E-state index contributed by atoms with van der Waals surface area (Å²) in [7, 11) is 2.22. The Morgan fingerprint density at radius 3 is 2.75 bits per heavy atom. The number of aromatic nitrogens is 2. The number of nitrogens with zero attached hydrogens (tertiary/aromatic N) is 5. The number of anilines is 1. The second kappa shape index (κ2) is 6.39. The lowest BCUT2D eigenvalue weighted by Crippen LogP contribution is -2.38. The normalized spacial score (nSPS) is 36.8. The highest BCUT2D eigenvalue weighted by Gasteiger charge is 2.58. The minimum absolute atomic E-state index is 0.105. The van der Waals surface area contributed by atoms with Gasteiger partial charge in [0.1, 0.15) is 0 Å². The van der Waals surface area contributed by atoms with Crippen LogP contribution in [0.4, 0.5) is 5.82 Å². The SMILES string of the molecule is CN1C[C@@H]2CN(c3cc4c(nn3)CCN(C(=O)C3C5CCCOC53)C4)C[C@@H]2C1. The molecule has 5 heterocycles. The fourth-order valence-corrected chi connectivity index (χ4v) is 6.06. The molecule has 150 valence electrons. The van der Waals surface area contributed by atoms with Crippen molar-refractivity contribution in [2.45, 2.75) is 31.9 Å². The smallest absolute Gasteiger partial charge is 0.229 e. The molecule has 28 heavy (non-hydrogen) atoms. The summed E-state index contributed by atoms with van der Waals surface area (Å²) in [6.45, 7) is 6.79. The van der Waals surface area contributed by atoms with Crippen molar-refractivity contribution in [1.29, 1.82) is 0 Å². The van der Waals surface area contributed by atoms with Crippen molar-refractivity contribution >= 4 is 11.7 Å². The summed E-state index contributed by atoms with van der Waals surface area (Å²) in [6, 6.07) is 2.20. The van der Waals surface area contributed by atoms with Crippen LogP contribution in [0.25, 0.3) is 0 Å². The minimum atomic E-state index is 0.105. The zero-order valence-electron chi connectivity index (χ0n) is 16.6. The molecule has 5 atom stereocenters. The number of fused-ring (bicyclic) bond motifs is 3. The molecule has 1 aromatic rings. The molecule has 0 bridgehead atoms. The summed E-state index contributed by atoms with van der Waals surface area (Å²) >= 11 is 0. The van der Waals surface area contributed by atoms with E-state index < -0.39 is 0 Å². The molecule has 3 saturated heterocycles. The van der Waals surface area contributed by atoms with Gasteiger partial charge in [0.25, 0.3) is 0 Å². The average molecular weight is 383 g/mol. The van der Waals surface area contributed by atoms with E-state index >= 15 is 0 Å². The lowest BCUT2D eigenvalue weighted by Gasteiger charge is -2.29.